The molecule has 6 heteroatoms. The van der Waals surface area contributed by atoms with Crippen LogP contribution in [0.2, 0.25) is 0 Å². The maximum Gasteiger partial charge on any atom is 0.326 e. The van der Waals surface area contributed by atoms with Crippen LogP contribution in [0.3, 0.4) is 0 Å². The summed E-state index contributed by atoms with van der Waals surface area (Å²) in [6.45, 7) is 5.69. The first-order valence-corrected chi connectivity index (χ1v) is 6.88. The first-order chi connectivity index (χ1) is 8.91. The van der Waals surface area contributed by atoms with E-state index in [0.29, 0.717) is 6.42 Å². The van der Waals surface area contributed by atoms with E-state index in [2.05, 4.69) is 10.6 Å². The third-order valence-electron chi connectivity index (χ3n) is 3.48. The number of rotatable bonds is 5. The van der Waals surface area contributed by atoms with Crippen LogP contribution in [0.4, 0.5) is 4.79 Å². The average molecular weight is 271 g/mol. The highest BCUT2D eigenvalue weighted by Crippen LogP contribution is 2.11. The van der Waals surface area contributed by atoms with Gasteiger partial charge < -0.3 is 20.6 Å². The quantitative estimate of drug-likeness (QED) is 0.693. The van der Waals surface area contributed by atoms with Gasteiger partial charge in [-0.1, -0.05) is 13.8 Å². The molecule has 0 aliphatic carbocycles. The number of urea groups is 1. The lowest BCUT2D eigenvalue weighted by atomic mass is 10.0. The van der Waals surface area contributed by atoms with Crippen LogP contribution in [-0.4, -0.2) is 54.2 Å². The Balaban J connectivity index is 2.52. The van der Waals surface area contributed by atoms with Gasteiger partial charge in [-0.25, -0.2) is 9.59 Å². The Morgan fingerprint density at radius 3 is 2.42 bits per heavy atom. The van der Waals surface area contributed by atoms with Crippen LogP contribution in [-0.2, 0) is 4.79 Å². The first kappa shape index (κ1) is 15.8. The van der Waals surface area contributed by atoms with Crippen LogP contribution in [0.15, 0.2) is 0 Å². The van der Waals surface area contributed by atoms with Crippen molar-refractivity contribution < 1.29 is 14.7 Å². The van der Waals surface area contributed by atoms with Crippen LogP contribution in [0.5, 0.6) is 0 Å². The Labute approximate surface area is 114 Å². The van der Waals surface area contributed by atoms with Crippen molar-refractivity contribution in [2.45, 2.75) is 45.2 Å². The smallest absolute Gasteiger partial charge is 0.326 e. The zero-order chi connectivity index (χ0) is 14.4. The number of hydrogen-bond donors (Lipinski definition) is 3. The van der Waals surface area contributed by atoms with Crippen molar-refractivity contribution in [1.82, 2.24) is 15.5 Å². The Bertz CT molecular complexity index is 314. The number of carbonyl (C=O) groups is 2. The number of aliphatic carboxylic acids is 1. The second kappa shape index (κ2) is 7.33. The highest BCUT2D eigenvalue weighted by Gasteiger charge is 2.26. The van der Waals surface area contributed by atoms with Crippen molar-refractivity contribution in [3.63, 3.8) is 0 Å². The Morgan fingerprint density at radius 1 is 1.37 bits per heavy atom. The van der Waals surface area contributed by atoms with E-state index in [-0.39, 0.29) is 18.0 Å². The van der Waals surface area contributed by atoms with E-state index < -0.39 is 12.0 Å². The minimum absolute atomic E-state index is 0.190. The van der Waals surface area contributed by atoms with E-state index in [0.717, 1.165) is 25.9 Å². The molecular formula is C13H25N3O3. The normalized spacial score (nSPS) is 18.1. The summed E-state index contributed by atoms with van der Waals surface area (Å²) in [4.78, 5) is 24.8. The maximum atomic E-state index is 12.1. The van der Waals surface area contributed by atoms with Gasteiger partial charge in [0.15, 0.2) is 0 Å². The second-order valence-corrected chi connectivity index (χ2v) is 5.56. The molecule has 19 heavy (non-hydrogen) atoms. The molecular weight excluding hydrogens is 246 g/mol. The number of carboxylic acid groups (broad SMARTS) is 1. The minimum Gasteiger partial charge on any atom is -0.480 e. The fraction of sp³-hybridized carbons (Fsp3) is 0.846. The van der Waals surface area contributed by atoms with Gasteiger partial charge in [-0.2, -0.15) is 0 Å². The molecule has 0 bridgehead atoms. The van der Waals surface area contributed by atoms with Crippen molar-refractivity contribution in [3.8, 4) is 0 Å². The zero-order valence-corrected chi connectivity index (χ0v) is 12.0. The van der Waals surface area contributed by atoms with Crippen LogP contribution in [0.25, 0.3) is 0 Å². The summed E-state index contributed by atoms with van der Waals surface area (Å²) in [5.74, 6) is -0.744. The molecule has 2 amide bonds. The lowest BCUT2D eigenvalue weighted by Gasteiger charge is -2.32. The van der Waals surface area contributed by atoms with Crippen molar-refractivity contribution in [3.05, 3.63) is 0 Å². The highest BCUT2D eigenvalue weighted by atomic mass is 16.4. The maximum absolute atomic E-state index is 12.1. The van der Waals surface area contributed by atoms with Crippen molar-refractivity contribution in [1.29, 1.82) is 0 Å². The van der Waals surface area contributed by atoms with Crippen LogP contribution >= 0.6 is 0 Å². The van der Waals surface area contributed by atoms with Gasteiger partial charge in [0.1, 0.15) is 6.04 Å². The lowest BCUT2D eigenvalue weighted by Crippen LogP contribution is -2.52. The van der Waals surface area contributed by atoms with Gasteiger partial charge in [0.05, 0.1) is 0 Å². The lowest BCUT2D eigenvalue weighted by molar-refractivity contribution is -0.139. The predicted molar refractivity (Wildman–Crippen MR) is 73.1 cm³/mol. The number of carbonyl (C=O) groups excluding carboxylic acids is 1. The van der Waals surface area contributed by atoms with Crippen LogP contribution in [0, 0.1) is 5.92 Å². The number of piperidine rings is 1. The fourth-order valence-electron chi connectivity index (χ4n) is 2.30. The van der Waals surface area contributed by atoms with Gasteiger partial charge in [-0.3, -0.25) is 0 Å². The summed E-state index contributed by atoms with van der Waals surface area (Å²) in [5.41, 5.74) is 0. The molecule has 0 unspecified atom stereocenters. The summed E-state index contributed by atoms with van der Waals surface area (Å²) >= 11 is 0. The predicted octanol–water partition coefficient (Wildman–Crippen LogP) is 0.879. The summed E-state index contributed by atoms with van der Waals surface area (Å²) in [6, 6.07) is -0.911. The fourth-order valence-corrected chi connectivity index (χ4v) is 2.30. The van der Waals surface area contributed by atoms with Gasteiger partial charge in [-0.15, -0.1) is 0 Å². The Morgan fingerprint density at radius 2 is 1.95 bits per heavy atom. The third kappa shape index (κ3) is 5.06. The molecule has 0 radical (unpaired) electrons. The number of nitrogens with zero attached hydrogens (tertiary/aromatic N) is 1. The van der Waals surface area contributed by atoms with Gasteiger partial charge in [-0.05, 0) is 38.3 Å². The summed E-state index contributed by atoms with van der Waals surface area (Å²) in [7, 11) is 1.74. The van der Waals surface area contributed by atoms with Gasteiger partial charge in [0.2, 0.25) is 0 Å². The van der Waals surface area contributed by atoms with Crippen molar-refractivity contribution in [2.75, 3.05) is 20.1 Å². The molecule has 0 aromatic carbocycles. The molecule has 6 nitrogen and oxygen atoms in total. The molecule has 1 fully saturated rings. The van der Waals surface area contributed by atoms with Gasteiger partial charge in [0, 0.05) is 13.1 Å². The molecule has 1 aliphatic rings. The topological polar surface area (TPSA) is 81.7 Å². The summed E-state index contributed by atoms with van der Waals surface area (Å²) in [6.07, 6.45) is 2.26. The third-order valence-corrected chi connectivity index (χ3v) is 3.48. The molecule has 1 atom stereocenters. The molecule has 3 N–H and O–H groups in total. The molecule has 0 aromatic rings. The number of hydrogen-bond acceptors (Lipinski definition) is 3. The number of amides is 2. The van der Waals surface area contributed by atoms with Crippen molar-refractivity contribution >= 4 is 12.0 Å². The molecule has 0 saturated carbocycles. The standard InChI is InChI=1S/C13H25N3O3/c1-9(2)8-11(12(17)18)15-13(19)16(3)10-4-6-14-7-5-10/h9-11,14H,4-8H2,1-3H3,(H,15,19)(H,17,18)/t11-/m0/s1. The van der Waals surface area contributed by atoms with E-state index in [1.165, 1.54) is 0 Å². The highest BCUT2D eigenvalue weighted by molar-refractivity contribution is 5.82. The van der Waals surface area contributed by atoms with Gasteiger partial charge in [0.25, 0.3) is 0 Å². The number of carboxylic acids is 1. The zero-order valence-electron chi connectivity index (χ0n) is 12.0. The van der Waals surface area contributed by atoms with Crippen LogP contribution in [0.1, 0.15) is 33.1 Å². The molecule has 0 spiro atoms. The SMILES string of the molecule is CC(C)C[C@H](NC(=O)N(C)C1CCNCC1)C(=O)O. The summed E-state index contributed by atoms with van der Waals surface area (Å²) < 4.78 is 0. The van der Waals surface area contributed by atoms with E-state index in [9.17, 15) is 9.59 Å². The molecule has 1 rings (SSSR count). The van der Waals surface area contributed by atoms with Crippen LogP contribution < -0.4 is 10.6 Å². The Kier molecular flexibility index (Phi) is 6.08. The van der Waals surface area contributed by atoms with E-state index in [1.807, 2.05) is 13.8 Å². The first-order valence-electron chi connectivity index (χ1n) is 6.88. The largest absolute Gasteiger partial charge is 0.480 e. The average Bonchev–Trinajstić information content (AvgIpc) is 2.37. The van der Waals surface area contributed by atoms with E-state index in [1.54, 1.807) is 11.9 Å². The van der Waals surface area contributed by atoms with E-state index in [4.69, 9.17) is 5.11 Å². The van der Waals surface area contributed by atoms with Crippen molar-refractivity contribution in [2.24, 2.45) is 5.92 Å². The van der Waals surface area contributed by atoms with Gasteiger partial charge >= 0.3 is 12.0 Å². The molecule has 0 aromatic heterocycles. The molecule has 1 saturated heterocycles. The second-order valence-electron chi connectivity index (χ2n) is 5.56. The van der Waals surface area contributed by atoms with E-state index >= 15 is 0 Å². The minimum atomic E-state index is -0.972. The number of nitrogens with one attached hydrogen (secondary N) is 2. The summed E-state index contributed by atoms with van der Waals surface area (Å²) in [5, 5.41) is 15.0. The Hall–Kier alpha value is -1.30. The monoisotopic (exact) mass is 271 g/mol. The molecule has 1 aliphatic heterocycles. The molecule has 110 valence electrons. The molecule has 1 heterocycles.